The summed E-state index contributed by atoms with van der Waals surface area (Å²) in [5.41, 5.74) is 4.15. The van der Waals surface area contributed by atoms with Gasteiger partial charge in [0.25, 0.3) is 5.56 Å². The van der Waals surface area contributed by atoms with Gasteiger partial charge in [0, 0.05) is 13.1 Å². The molecule has 30 heavy (non-hydrogen) atoms. The lowest BCUT2D eigenvalue weighted by Gasteiger charge is -2.21. The molecule has 0 spiro atoms. The van der Waals surface area contributed by atoms with Crippen molar-refractivity contribution in [1.29, 1.82) is 0 Å². The number of amides is 1. The molecule has 2 heterocycles. The van der Waals surface area contributed by atoms with E-state index in [0.29, 0.717) is 21.9 Å². The van der Waals surface area contributed by atoms with Gasteiger partial charge in [0.1, 0.15) is 4.70 Å². The minimum atomic E-state index is -0.0397. The van der Waals surface area contributed by atoms with Crippen LogP contribution in [0.3, 0.4) is 0 Å². The quantitative estimate of drug-likeness (QED) is 0.350. The highest BCUT2D eigenvalue weighted by Gasteiger charge is 2.17. The van der Waals surface area contributed by atoms with Crippen LogP contribution in [0.4, 0.5) is 0 Å². The third-order valence-electron chi connectivity index (χ3n) is 5.11. The Kier molecular flexibility index (Phi) is 7.72. The topological polar surface area (TPSA) is 55.2 Å². The van der Waals surface area contributed by atoms with Gasteiger partial charge in [-0.05, 0) is 54.8 Å². The number of hydrogen-bond acceptors (Lipinski definition) is 5. The Labute approximate surface area is 186 Å². The number of nitrogens with zero attached hydrogens (tertiary/aromatic N) is 3. The van der Waals surface area contributed by atoms with E-state index in [4.69, 9.17) is 4.98 Å². The zero-order chi connectivity index (χ0) is 21.7. The number of aryl methyl sites for hydroxylation is 2. The fraction of sp³-hybridized carbons (Fsp3) is 0.435. The molecule has 0 saturated carbocycles. The Morgan fingerprint density at radius 1 is 1.13 bits per heavy atom. The van der Waals surface area contributed by atoms with Gasteiger partial charge in [-0.25, -0.2) is 4.98 Å². The number of thioether (sulfide) groups is 1. The number of rotatable bonds is 9. The second-order valence-electron chi connectivity index (χ2n) is 7.51. The normalized spacial score (nSPS) is 11.2. The number of fused-ring (bicyclic) bond motifs is 1. The Hall–Kier alpha value is -2.12. The highest BCUT2D eigenvalue weighted by atomic mass is 32.2. The smallest absolute Gasteiger partial charge is 0.272 e. The maximum Gasteiger partial charge on any atom is 0.272 e. The SMILES string of the molecule is CCCN(CCC)C(=O)CSc1nc2ccsc2c(=O)n1Cc1ccc(C)c(C)c1. The van der Waals surface area contributed by atoms with Crippen molar-refractivity contribution in [1.82, 2.24) is 14.5 Å². The number of hydrogen-bond donors (Lipinski definition) is 0. The van der Waals surface area contributed by atoms with Crippen LogP contribution in [-0.4, -0.2) is 39.2 Å². The van der Waals surface area contributed by atoms with E-state index in [1.807, 2.05) is 16.3 Å². The minimum absolute atomic E-state index is 0.0397. The Morgan fingerprint density at radius 2 is 1.87 bits per heavy atom. The van der Waals surface area contributed by atoms with E-state index in [-0.39, 0.29) is 17.2 Å². The van der Waals surface area contributed by atoms with E-state index in [1.54, 1.807) is 4.57 Å². The molecule has 3 aromatic rings. The summed E-state index contributed by atoms with van der Waals surface area (Å²) in [5, 5.41) is 2.49. The van der Waals surface area contributed by atoms with E-state index < -0.39 is 0 Å². The summed E-state index contributed by atoms with van der Waals surface area (Å²) in [5.74, 6) is 0.385. The number of aromatic nitrogens is 2. The first-order valence-electron chi connectivity index (χ1n) is 10.4. The number of thiophene rings is 1. The summed E-state index contributed by atoms with van der Waals surface area (Å²) in [6.07, 6.45) is 1.88. The molecular formula is C23H29N3O2S2. The summed E-state index contributed by atoms with van der Waals surface area (Å²) in [7, 11) is 0. The zero-order valence-electron chi connectivity index (χ0n) is 18.1. The maximum atomic E-state index is 13.2. The molecule has 0 radical (unpaired) electrons. The number of benzene rings is 1. The number of carbonyl (C=O) groups is 1. The van der Waals surface area contributed by atoms with Crippen LogP contribution in [-0.2, 0) is 11.3 Å². The van der Waals surface area contributed by atoms with Gasteiger partial charge < -0.3 is 4.90 Å². The number of carbonyl (C=O) groups excluding carboxylic acids is 1. The molecule has 160 valence electrons. The first-order valence-corrected chi connectivity index (χ1v) is 12.3. The van der Waals surface area contributed by atoms with Gasteiger partial charge in [0.05, 0.1) is 17.8 Å². The lowest BCUT2D eigenvalue weighted by atomic mass is 10.1. The lowest BCUT2D eigenvalue weighted by Crippen LogP contribution is -2.34. The predicted octanol–water partition coefficient (Wildman–Crippen LogP) is 4.86. The third-order valence-corrected chi connectivity index (χ3v) is 6.96. The van der Waals surface area contributed by atoms with Crippen molar-refractivity contribution in [2.24, 2.45) is 0 Å². The van der Waals surface area contributed by atoms with Gasteiger partial charge in [-0.15, -0.1) is 11.3 Å². The van der Waals surface area contributed by atoms with Crippen molar-refractivity contribution in [3.63, 3.8) is 0 Å². The zero-order valence-corrected chi connectivity index (χ0v) is 19.7. The van der Waals surface area contributed by atoms with Crippen LogP contribution in [0.15, 0.2) is 39.6 Å². The molecule has 7 heteroatoms. The molecule has 0 atom stereocenters. The van der Waals surface area contributed by atoms with Gasteiger partial charge in [-0.1, -0.05) is 43.8 Å². The van der Waals surface area contributed by atoms with E-state index in [1.165, 1.54) is 34.2 Å². The molecule has 0 aliphatic heterocycles. The molecule has 0 saturated heterocycles. The molecule has 5 nitrogen and oxygen atoms in total. The van der Waals surface area contributed by atoms with Gasteiger partial charge in [0.15, 0.2) is 5.16 Å². The van der Waals surface area contributed by atoms with Crippen molar-refractivity contribution >= 4 is 39.2 Å². The average molecular weight is 444 g/mol. The monoisotopic (exact) mass is 443 g/mol. The first-order chi connectivity index (χ1) is 14.4. The second kappa shape index (κ2) is 10.3. The second-order valence-corrected chi connectivity index (χ2v) is 9.37. The minimum Gasteiger partial charge on any atom is -0.342 e. The Morgan fingerprint density at radius 3 is 2.53 bits per heavy atom. The molecule has 0 bridgehead atoms. The van der Waals surface area contributed by atoms with Gasteiger partial charge in [-0.2, -0.15) is 0 Å². The van der Waals surface area contributed by atoms with Crippen LogP contribution in [0.1, 0.15) is 43.4 Å². The van der Waals surface area contributed by atoms with E-state index in [2.05, 4.69) is 45.9 Å². The van der Waals surface area contributed by atoms with Crippen molar-refractivity contribution in [2.75, 3.05) is 18.8 Å². The summed E-state index contributed by atoms with van der Waals surface area (Å²) in [4.78, 5) is 32.5. The standard InChI is InChI=1S/C23H29N3O2S2/c1-5-10-25(11-6-2)20(27)15-30-23-24-19-9-12-29-21(19)22(28)26(23)14-18-8-7-16(3)17(4)13-18/h7-9,12-13H,5-6,10-11,14-15H2,1-4H3. The third kappa shape index (κ3) is 5.13. The maximum absolute atomic E-state index is 13.2. The lowest BCUT2D eigenvalue weighted by molar-refractivity contribution is -0.128. The molecule has 0 aliphatic carbocycles. The summed E-state index contributed by atoms with van der Waals surface area (Å²) >= 11 is 2.77. The molecule has 0 unspecified atom stereocenters. The van der Waals surface area contributed by atoms with Crippen LogP contribution < -0.4 is 5.56 Å². The summed E-state index contributed by atoms with van der Waals surface area (Å²) in [6, 6.07) is 8.12. The van der Waals surface area contributed by atoms with E-state index in [0.717, 1.165) is 31.5 Å². The van der Waals surface area contributed by atoms with Crippen LogP contribution >= 0.6 is 23.1 Å². The van der Waals surface area contributed by atoms with E-state index >= 15 is 0 Å². The molecule has 2 aromatic heterocycles. The highest BCUT2D eigenvalue weighted by molar-refractivity contribution is 7.99. The molecule has 0 N–H and O–H groups in total. The largest absolute Gasteiger partial charge is 0.342 e. The molecule has 0 fully saturated rings. The van der Waals surface area contributed by atoms with Gasteiger partial charge >= 0.3 is 0 Å². The summed E-state index contributed by atoms with van der Waals surface area (Å²) in [6.45, 7) is 10.3. The van der Waals surface area contributed by atoms with Gasteiger partial charge in [0.2, 0.25) is 5.91 Å². The molecule has 1 aromatic carbocycles. The molecule has 0 aliphatic rings. The molecule has 3 rings (SSSR count). The fourth-order valence-electron chi connectivity index (χ4n) is 3.38. The average Bonchev–Trinajstić information content (AvgIpc) is 3.20. The van der Waals surface area contributed by atoms with Crippen LogP contribution in [0.2, 0.25) is 0 Å². The predicted molar refractivity (Wildman–Crippen MR) is 127 cm³/mol. The highest BCUT2D eigenvalue weighted by Crippen LogP contribution is 2.22. The Balaban J connectivity index is 1.90. The molecular weight excluding hydrogens is 414 g/mol. The van der Waals surface area contributed by atoms with E-state index in [9.17, 15) is 9.59 Å². The van der Waals surface area contributed by atoms with Gasteiger partial charge in [-0.3, -0.25) is 14.2 Å². The van der Waals surface area contributed by atoms with Crippen molar-refractivity contribution < 1.29 is 4.79 Å². The van der Waals surface area contributed by atoms with Crippen LogP contribution in [0, 0.1) is 13.8 Å². The van der Waals surface area contributed by atoms with Crippen molar-refractivity contribution in [3.05, 3.63) is 56.7 Å². The van der Waals surface area contributed by atoms with Crippen molar-refractivity contribution in [2.45, 2.75) is 52.2 Å². The summed E-state index contributed by atoms with van der Waals surface area (Å²) < 4.78 is 2.37. The molecule has 1 amide bonds. The Bertz CT molecular complexity index is 1080. The van der Waals surface area contributed by atoms with Crippen LogP contribution in [0.25, 0.3) is 10.2 Å². The van der Waals surface area contributed by atoms with Crippen LogP contribution in [0.5, 0.6) is 0 Å². The van der Waals surface area contributed by atoms with Crippen molar-refractivity contribution in [3.8, 4) is 0 Å². The fourth-order valence-corrected chi connectivity index (χ4v) is 5.06. The first kappa shape index (κ1) is 22.6.